The molecule has 1 aromatic rings. The van der Waals surface area contributed by atoms with E-state index in [2.05, 4.69) is 16.0 Å². The molecule has 1 aromatic heterocycles. The van der Waals surface area contributed by atoms with Crippen LogP contribution in [-0.4, -0.2) is 40.2 Å². The number of nitrogens with zero attached hydrogens (tertiary/aromatic N) is 2. The molecule has 0 saturated carbocycles. The van der Waals surface area contributed by atoms with E-state index >= 15 is 0 Å². The van der Waals surface area contributed by atoms with Crippen LogP contribution in [0.5, 0.6) is 0 Å². The number of pyridine rings is 1. The molecule has 106 valence electrons. The van der Waals surface area contributed by atoms with Gasteiger partial charge in [-0.2, -0.15) is 0 Å². The summed E-state index contributed by atoms with van der Waals surface area (Å²) in [5.41, 5.74) is 7.37. The van der Waals surface area contributed by atoms with Gasteiger partial charge in [0.25, 0.3) is 0 Å². The Hall–Kier alpha value is -0.970. The van der Waals surface area contributed by atoms with E-state index in [0.29, 0.717) is 0 Å². The standard InChI is InChI=1S/C15H25N3O/c1-12(16)15(13-6-5-8-17-10-13)18-9-4-2-3-7-14(18)11-19/h5-6,8,10,12,14-15,19H,2-4,7,9,11,16H2,1H3. The fraction of sp³-hybridized carbons (Fsp3) is 0.667. The molecule has 0 aliphatic carbocycles. The first-order valence-corrected chi connectivity index (χ1v) is 7.26. The van der Waals surface area contributed by atoms with Crippen molar-refractivity contribution in [2.45, 2.75) is 50.7 Å². The second-order valence-corrected chi connectivity index (χ2v) is 5.51. The molecule has 3 unspecified atom stereocenters. The van der Waals surface area contributed by atoms with Crippen LogP contribution in [0.2, 0.25) is 0 Å². The number of rotatable bonds is 4. The Morgan fingerprint density at radius 2 is 2.32 bits per heavy atom. The van der Waals surface area contributed by atoms with Crippen molar-refractivity contribution < 1.29 is 5.11 Å². The molecule has 0 amide bonds. The van der Waals surface area contributed by atoms with Crippen LogP contribution in [0.1, 0.15) is 44.2 Å². The molecular formula is C15H25N3O. The van der Waals surface area contributed by atoms with Gasteiger partial charge in [0.05, 0.1) is 12.6 Å². The average Bonchev–Trinajstić information content (AvgIpc) is 2.65. The van der Waals surface area contributed by atoms with Crippen LogP contribution in [-0.2, 0) is 0 Å². The Morgan fingerprint density at radius 3 is 2.95 bits per heavy atom. The average molecular weight is 263 g/mol. The normalized spacial score (nSPS) is 24.7. The monoisotopic (exact) mass is 263 g/mol. The summed E-state index contributed by atoms with van der Waals surface area (Å²) in [4.78, 5) is 6.60. The van der Waals surface area contributed by atoms with Crippen molar-refractivity contribution in [1.82, 2.24) is 9.88 Å². The van der Waals surface area contributed by atoms with Gasteiger partial charge in [-0.1, -0.05) is 18.9 Å². The van der Waals surface area contributed by atoms with Crippen LogP contribution in [0.25, 0.3) is 0 Å². The third-order valence-corrected chi connectivity index (χ3v) is 4.01. The fourth-order valence-corrected chi connectivity index (χ4v) is 3.11. The Morgan fingerprint density at radius 1 is 1.47 bits per heavy atom. The van der Waals surface area contributed by atoms with E-state index in [1.807, 2.05) is 19.2 Å². The van der Waals surface area contributed by atoms with Gasteiger partial charge >= 0.3 is 0 Å². The molecule has 4 heteroatoms. The van der Waals surface area contributed by atoms with Crippen molar-refractivity contribution in [3.05, 3.63) is 30.1 Å². The number of likely N-dealkylation sites (tertiary alicyclic amines) is 1. The molecule has 0 bridgehead atoms. The molecule has 3 atom stereocenters. The second-order valence-electron chi connectivity index (χ2n) is 5.51. The highest BCUT2D eigenvalue weighted by Crippen LogP contribution is 2.29. The Labute approximate surface area is 115 Å². The van der Waals surface area contributed by atoms with Crippen LogP contribution < -0.4 is 5.73 Å². The van der Waals surface area contributed by atoms with Gasteiger partial charge in [0.2, 0.25) is 0 Å². The highest BCUT2D eigenvalue weighted by Gasteiger charge is 2.30. The molecule has 19 heavy (non-hydrogen) atoms. The topological polar surface area (TPSA) is 62.4 Å². The third-order valence-electron chi connectivity index (χ3n) is 4.01. The maximum atomic E-state index is 9.67. The summed E-state index contributed by atoms with van der Waals surface area (Å²) in [5, 5.41) is 9.67. The number of hydrogen-bond donors (Lipinski definition) is 2. The number of aromatic nitrogens is 1. The zero-order chi connectivity index (χ0) is 13.7. The van der Waals surface area contributed by atoms with Crippen LogP contribution in [0, 0.1) is 0 Å². The number of aliphatic hydroxyl groups is 1. The lowest BCUT2D eigenvalue weighted by molar-refractivity contribution is 0.0745. The predicted molar refractivity (Wildman–Crippen MR) is 76.7 cm³/mol. The molecule has 1 aliphatic rings. The minimum absolute atomic E-state index is 0.0244. The SMILES string of the molecule is CC(N)C(c1cccnc1)N1CCCCCC1CO. The molecule has 1 fully saturated rings. The minimum Gasteiger partial charge on any atom is -0.395 e. The van der Waals surface area contributed by atoms with Crippen LogP contribution >= 0.6 is 0 Å². The first-order valence-electron chi connectivity index (χ1n) is 7.26. The van der Waals surface area contributed by atoms with Gasteiger partial charge in [-0.05, 0) is 37.9 Å². The summed E-state index contributed by atoms with van der Waals surface area (Å²) in [7, 11) is 0. The summed E-state index contributed by atoms with van der Waals surface area (Å²) < 4.78 is 0. The van der Waals surface area contributed by atoms with Crippen molar-refractivity contribution in [2.24, 2.45) is 5.73 Å². The van der Waals surface area contributed by atoms with E-state index in [0.717, 1.165) is 18.5 Å². The van der Waals surface area contributed by atoms with Crippen molar-refractivity contribution in [2.75, 3.05) is 13.2 Å². The number of nitrogens with two attached hydrogens (primary N) is 1. The lowest BCUT2D eigenvalue weighted by Gasteiger charge is -2.38. The van der Waals surface area contributed by atoms with Gasteiger partial charge in [-0.15, -0.1) is 0 Å². The molecule has 2 rings (SSSR count). The van der Waals surface area contributed by atoms with E-state index < -0.39 is 0 Å². The first kappa shape index (κ1) is 14.4. The summed E-state index contributed by atoms with van der Waals surface area (Å²) in [6.07, 6.45) is 8.35. The van der Waals surface area contributed by atoms with Gasteiger partial charge < -0.3 is 10.8 Å². The Kier molecular flexibility index (Phi) is 5.31. The molecule has 1 aliphatic heterocycles. The van der Waals surface area contributed by atoms with Gasteiger partial charge in [-0.3, -0.25) is 9.88 Å². The van der Waals surface area contributed by atoms with Crippen LogP contribution in [0.4, 0.5) is 0 Å². The molecule has 0 radical (unpaired) electrons. The summed E-state index contributed by atoms with van der Waals surface area (Å²) in [6.45, 7) is 3.26. The van der Waals surface area contributed by atoms with Gasteiger partial charge in [0.15, 0.2) is 0 Å². The van der Waals surface area contributed by atoms with Crippen LogP contribution in [0.3, 0.4) is 0 Å². The van der Waals surface area contributed by atoms with E-state index in [9.17, 15) is 5.11 Å². The van der Waals surface area contributed by atoms with E-state index in [4.69, 9.17) is 5.73 Å². The number of aliphatic hydroxyl groups excluding tert-OH is 1. The summed E-state index contributed by atoms with van der Waals surface area (Å²) in [5.74, 6) is 0. The van der Waals surface area contributed by atoms with Gasteiger partial charge in [0, 0.05) is 24.5 Å². The Bertz CT molecular complexity index is 369. The number of hydrogen-bond acceptors (Lipinski definition) is 4. The molecule has 4 nitrogen and oxygen atoms in total. The largest absolute Gasteiger partial charge is 0.395 e. The lowest BCUT2D eigenvalue weighted by Crippen LogP contribution is -2.46. The molecule has 0 spiro atoms. The zero-order valence-electron chi connectivity index (χ0n) is 11.7. The van der Waals surface area contributed by atoms with Crippen molar-refractivity contribution >= 4 is 0 Å². The summed E-state index contributed by atoms with van der Waals surface area (Å²) >= 11 is 0. The third kappa shape index (κ3) is 3.53. The van der Waals surface area contributed by atoms with Crippen molar-refractivity contribution in [3.8, 4) is 0 Å². The van der Waals surface area contributed by atoms with E-state index in [1.54, 1.807) is 6.20 Å². The molecule has 3 N–H and O–H groups in total. The Balaban J connectivity index is 2.26. The summed E-state index contributed by atoms with van der Waals surface area (Å²) in [6, 6.07) is 4.43. The second kappa shape index (κ2) is 6.98. The highest BCUT2D eigenvalue weighted by atomic mass is 16.3. The maximum absolute atomic E-state index is 9.67. The quantitative estimate of drug-likeness (QED) is 0.868. The van der Waals surface area contributed by atoms with E-state index in [-0.39, 0.29) is 24.7 Å². The maximum Gasteiger partial charge on any atom is 0.0587 e. The minimum atomic E-state index is 0.0244. The van der Waals surface area contributed by atoms with Gasteiger partial charge in [0.1, 0.15) is 0 Å². The zero-order valence-corrected chi connectivity index (χ0v) is 11.7. The van der Waals surface area contributed by atoms with Crippen molar-refractivity contribution in [3.63, 3.8) is 0 Å². The fourth-order valence-electron chi connectivity index (χ4n) is 3.11. The predicted octanol–water partition coefficient (Wildman–Crippen LogP) is 1.71. The van der Waals surface area contributed by atoms with Crippen molar-refractivity contribution in [1.29, 1.82) is 0 Å². The molecule has 1 saturated heterocycles. The lowest BCUT2D eigenvalue weighted by atomic mass is 9.98. The highest BCUT2D eigenvalue weighted by molar-refractivity contribution is 5.16. The molecular weight excluding hydrogens is 238 g/mol. The van der Waals surface area contributed by atoms with Crippen LogP contribution in [0.15, 0.2) is 24.5 Å². The molecule has 0 aromatic carbocycles. The van der Waals surface area contributed by atoms with Gasteiger partial charge in [-0.25, -0.2) is 0 Å². The first-order chi connectivity index (χ1) is 9.24. The van der Waals surface area contributed by atoms with E-state index in [1.165, 1.54) is 19.3 Å². The smallest absolute Gasteiger partial charge is 0.0587 e. The molecule has 2 heterocycles.